The van der Waals surface area contributed by atoms with Gasteiger partial charge in [-0.1, -0.05) is 0 Å². The molecule has 0 radical (unpaired) electrons. The number of nitro groups is 1. The number of carbonyl (C=O) groups is 2. The summed E-state index contributed by atoms with van der Waals surface area (Å²) in [5.41, 5.74) is -0.191. The maximum absolute atomic E-state index is 12.8. The average molecular weight is 366 g/mol. The molecule has 0 saturated heterocycles. The molecule has 0 aliphatic carbocycles. The highest BCUT2D eigenvalue weighted by atomic mass is 19.1. The van der Waals surface area contributed by atoms with Gasteiger partial charge in [0, 0.05) is 13.0 Å². The molecule has 26 heavy (non-hydrogen) atoms. The van der Waals surface area contributed by atoms with Crippen molar-refractivity contribution in [3.63, 3.8) is 0 Å². The number of rotatable bonds is 9. The first-order valence-corrected chi connectivity index (χ1v) is 7.43. The topological polar surface area (TPSA) is 137 Å². The van der Waals surface area contributed by atoms with Gasteiger partial charge < -0.3 is 15.2 Å². The van der Waals surface area contributed by atoms with E-state index in [0.29, 0.717) is 0 Å². The average Bonchev–Trinajstić information content (AvgIpc) is 3.07. The van der Waals surface area contributed by atoms with Crippen molar-refractivity contribution in [2.45, 2.75) is 19.1 Å². The number of carbonyl (C=O) groups excluding carboxylic acids is 1. The fourth-order valence-electron chi connectivity index (χ4n) is 1.94. The van der Waals surface area contributed by atoms with E-state index in [1.165, 1.54) is 23.0 Å². The lowest BCUT2D eigenvalue weighted by Crippen LogP contribution is -2.40. The van der Waals surface area contributed by atoms with Crippen molar-refractivity contribution in [2.24, 2.45) is 0 Å². The summed E-state index contributed by atoms with van der Waals surface area (Å²) in [6, 6.07) is 4.79. The van der Waals surface area contributed by atoms with Gasteiger partial charge in [-0.05, 0) is 24.3 Å². The van der Waals surface area contributed by atoms with Crippen molar-refractivity contribution >= 4 is 17.6 Å². The fourth-order valence-corrected chi connectivity index (χ4v) is 1.94. The summed E-state index contributed by atoms with van der Waals surface area (Å²) in [4.78, 5) is 32.9. The summed E-state index contributed by atoms with van der Waals surface area (Å²) in [6.45, 7) is -0.207. The van der Waals surface area contributed by atoms with E-state index in [4.69, 9.17) is 9.84 Å². The van der Waals surface area contributed by atoms with Crippen LogP contribution in [0.1, 0.15) is 6.42 Å². The Morgan fingerprint density at radius 2 is 2.08 bits per heavy atom. The molecule has 2 N–H and O–H groups in total. The van der Waals surface area contributed by atoms with Crippen molar-refractivity contribution in [1.29, 1.82) is 0 Å². The van der Waals surface area contributed by atoms with Crippen LogP contribution in [0.25, 0.3) is 0 Å². The lowest BCUT2D eigenvalue weighted by molar-refractivity contribution is -0.385. The quantitative estimate of drug-likeness (QED) is 0.498. The number of benzene rings is 1. The second-order valence-corrected chi connectivity index (χ2v) is 5.17. The zero-order valence-corrected chi connectivity index (χ0v) is 13.4. The van der Waals surface area contributed by atoms with Gasteiger partial charge >= 0.3 is 11.7 Å². The van der Waals surface area contributed by atoms with Gasteiger partial charge in [-0.15, -0.1) is 0 Å². The number of nitrogens with zero attached hydrogens (tertiary/aromatic N) is 3. The minimum absolute atomic E-state index is 0.0538. The molecule has 1 atom stereocenters. The Morgan fingerprint density at radius 3 is 2.65 bits per heavy atom. The Hall–Kier alpha value is -3.50. The number of carboxylic acid groups (broad SMARTS) is 1. The number of aryl methyl sites for hydroxylation is 1. The smallest absolute Gasteiger partial charge is 0.346 e. The first-order valence-electron chi connectivity index (χ1n) is 7.43. The number of nitrogens with one attached hydrogen (secondary N) is 1. The molecule has 138 valence electrons. The Balaban J connectivity index is 1.81. The lowest BCUT2D eigenvalue weighted by Gasteiger charge is -2.15. The van der Waals surface area contributed by atoms with Crippen LogP contribution in [0, 0.1) is 15.9 Å². The summed E-state index contributed by atoms with van der Waals surface area (Å²) in [5.74, 6) is -2.11. The third-order valence-electron chi connectivity index (χ3n) is 3.25. The highest BCUT2D eigenvalue weighted by molar-refractivity contribution is 5.78. The van der Waals surface area contributed by atoms with E-state index in [-0.39, 0.29) is 30.9 Å². The maximum Gasteiger partial charge on any atom is 0.346 e. The predicted octanol–water partition coefficient (Wildman–Crippen LogP) is 0.969. The lowest BCUT2D eigenvalue weighted by atomic mass is 10.3. The highest BCUT2D eigenvalue weighted by Crippen LogP contribution is 2.13. The van der Waals surface area contributed by atoms with Crippen molar-refractivity contribution < 1.29 is 28.7 Å². The third kappa shape index (κ3) is 5.54. The number of amides is 1. The molecule has 0 spiro atoms. The monoisotopic (exact) mass is 366 g/mol. The number of halogens is 1. The molecule has 2 rings (SSSR count). The zero-order chi connectivity index (χ0) is 19.1. The van der Waals surface area contributed by atoms with Crippen LogP contribution in [0.4, 0.5) is 10.1 Å². The van der Waals surface area contributed by atoms with Crippen LogP contribution in [-0.2, 0) is 16.1 Å². The first kappa shape index (κ1) is 18.8. The Labute approximate surface area is 146 Å². The van der Waals surface area contributed by atoms with Crippen LogP contribution in [0.2, 0.25) is 0 Å². The molecule has 2 aromatic rings. The summed E-state index contributed by atoms with van der Waals surface area (Å²) >= 11 is 0. The molecule has 1 heterocycles. The van der Waals surface area contributed by atoms with Gasteiger partial charge in [0.15, 0.2) is 0 Å². The van der Waals surface area contributed by atoms with Crippen molar-refractivity contribution in [3.8, 4) is 5.75 Å². The molecule has 0 fully saturated rings. The minimum Gasteiger partial charge on any atom is -0.478 e. The fraction of sp³-hybridized carbons (Fsp3) is 0.267. The van der Waals surface area contributed by atoms with Gasteiger partial charge in [0.1, 0.15) is 24.0 Å². The van der Waals surface area contributed by atoms with E-state index in [0.717, 1.165) is 18.3 Å². The van der Waals surface area contributed by atoms with Crippen molar-refractivity contribution in [3.05, 3.63) is 52.6 Å². The van der Waals surface area contributed by atoms with Gasteiger partial charge in [0.05, 0.1) is 11.5 Å². The number of carboxylic acids is 1. The maximum atomic E-state index is 12.8. The molecule has 1 aromatic carbocycles. The summed E-state index contributed by atoms with van der Waals surface area (Å²) in [5, 5.41) is 25.8. The molecular weight excluding hydrogens is 351 g/mol. The second kappa shape index (κ2) is 8.55. The van der Waals surface area contributed by atoms with Crippen LogP contribution in [0.15, 0.2) is 36.7 Å². The number of aromatic nitrogens is 2. The Morgan fingerprint density at radius 1 is 1.38 bits per heavy atom. The standard InChI is InChI=1S/C15H15FN4O6/c16-10-1-3-12(4-2-10)26-13(15(22)23)8-17-14(21)5-6-19-9-11(7-18-19)20(24)25/h1-4,7,9,13H,5-6,8H2,(H,17,21)(H,22,23). The van der Waals surface area contributed by atoms with Crippen LogP contribution < -0.4 is 10.1 Å². The minimum atomic E-state index is -1.35. The van der Waals surface area contributed by atoms with Crippen LogP contribution >= 0.6 is 0 Å². The molecule has 1 aromatic heterocycles. The molecule has 1 unspecified atom stereocenters. The largest absolute Gasteiger partial charge is 0.478 e. The van der Waals surface area contributed by atoms with Crippen LogP contribution in [0.5, 0.6) is 5.75 Å². The van der Waals surface area contributed by atoms with E-state index >= 15 is 0 Å². The number of hydrogen-bond acceptors (Lipinski definition) is 6. The van der Waals surface area contributed by atoms with Gasteiger partial charge in [0.2, 0.25) is 12.0 Å². The van der Waals surface area contributed by atoms with Crippen molar-refractivity contribution in [2.75, 3.05) is 6.54 Å². The first-order chi connectivity index (χ1) is 12.3. The zero-order valence-electron chi connectivity index (χ0n) is 13.4. The van der Waals surface area contributed by atoms with E-state index in [1.54, 1.807) is 0 Å². The SMILES string of the molecule is O=C(CCn1cc([N+](=O)[O-])cn1)NCC(Oc1ccc(F)cc1)C(=O)O. The highest BCUT2D eigenvalue weighted by Gasteiger charge is 2.20. The van der Waals surface area contributed by atoms with E-state index < -0.39 is 28.7 Å². The van der Waals surface area contributed by atoms with Gasteiger partial charge in [-0.3, -0.25) is 19.6 Å². The normalized spacial score (nSPS) is 11.6. The van der Waals surface area contributed by atoms with Gasteiger partial charge in [-0.25, -0.2) is 9.18 Å². The summed E-state index contributed by atoms with van der Waals surface area (Å²) in [6.07, 6.45) is 0.844. The van der Waals surface area contributed by atoms with Crippen LogP contribution in [0.3, 0.4) is 0 Å². The summed E-state index contributed by atoms with van der Waals surface area (Å²) < 4.78 is 19.3. The third-order valence-corrected chi connectivity index (χ3v) is 3.25. The van der Waals surface area contributed by atoms with Gasteiger partial charge in [-0.2, -0.15) is 5.10 Å². The number of hydrogen-bond donors (Lipinski definition) is 2. The van der Waals surface area contributed by atoms with E-state index in [9.17, 15) is 24.1 Å². The molecule has 0 saturated carbocycles. The Bertz CT molecular complexity index is 792. The molecule has 11 heteroatoms. The van der Waals surface area contributed by atoms with Gasteiger partial charge in [0.25, 0.3) is 0 Å². The van der Waals surface area contributed by atoms with Crippen molar-refractivity contribution in [1.82, 2.24) is 15.1 Å². The Kier molecular flexibility index (Phi) is 6.20. The number of aliphatic carboxylic acids is 1. The molecular formula is C15H15FN4O6. The van der Waals surface area contributed by atoms with E-state index in [2.05, 4.69) is 10.4 Å². The number of ether oxygens (including phenoxy) is 1. The molecule has 1 amide bonds. The molecule has 0 aliphatic heterocycles. The molecule has 0 bridgehead atoms. The second-order valence-electron chi connectivity index (χ2n) is 5.17. The molecule has 0 aliphatic rings. The van der Waals surface area contributed by atoms with Crippen LogP contribution in [-0.4, -0.2) is 44.3 Å². The summed E-state index contributed by atoms with van der Waals surface area (Å²) in [7, 11) is 0. The van der Waals surface area contributed by atoms with E-state index in [1.807, 2.05) is 0 Å². The predicted molar refractivity (Wildman–Crippen MR) is 85.0 cm³/mol. The molecule has 10 nitrogen and oxygen atoms in total.